The number of hydrogen-bond donors (Lipinski definition) is 1. The van der Waals surface area contributed by atoms with E-state index in [0.717, 1.165) is 31.4 Å². The first-order valence-corrected chi connectivity index (χ1v) is 12.0. The molecule has 4 rings (SSSR count). The molecular formula is C23H21N3O4S2. The Kier molecular flexibility index (Phi) is 5.62. The van der Waals surface area contributed by atoms with Gasteiger partial charge >= 0.3 is 4.87 Å². The summed E-state index contributed by atoms with van der Waals surface area (Å²) in [7, 11) is -0.609. The molecular weight excluding hydrogens is 446 g/mol. The smallest absolute Gasteiger partial charge is 0.307 e. The van der Waals surface area contributed by atoms with Gasteiger partial charge in [0.15, 0.2) is 0 Å². The number of benzene rings is 3. The zero-order valence-corrected chi connectivity index (χ0v) is 19.3. The van der Waals surface area contributed by atoms with Gasteiger partial charge in [-0.25, -0.2) is 8.42 Å². The maximum absolute atomic E-state index is 13.0. The van der Waals surface area contributed by atoms with Crippen LogP contribution in [0.1, 0.15) is 15.9 Å². The topological polar surface area (TPSA) is 88.5 Å². The first-order chi connectivity index (χ1) is 15.2. The molecule has 0 atom stereocenters. The average molecular weight is 468 g/mol. The number of aromatic nitrogens is 1. The van der Waals surface area contributed by atoms with Crippen molar-refractivity contribution in [2.75, 3.05) is 16.7 Å². The molecule has 0 aliphatic carbocycles. The lowest BCUT2D eigenvalue weighted by atomic mass is 10.2. The zero-order valence-electron chi connectivity index (χ0n) is 17.7. The summed E-state index contributed by atoms with van der Waals surface area (Å²) in [6.45, 7) is 1.89. The van der Waals surface area contributed by atoms with Crippen LogP contribution in [0.25, 0.3) is 10.2 Å². The predicted molar refractivity (Wildman–Crippen MR) is 128 cm³/mol. The van der Waals surface area contributed by atoms with Crippen molar-refractivity contribution in [1.29, 1.82) is 0 Å². The molecule has 0 saturated carbocycles. The van der Waals surface area contributed by atoms with Gasteiger partial charge in [0.1, 0.15) is 0 Å². The summed E-state index contributed by atoms with van der Waals surface area (Å²) < 4.78 is 29.4. The highest BCUT2D eigenvalue weighted by molar-refractivity contribution is 7.92. The van der Waals surface area contributed by atoms with Crippen molar-refractivity contribution in [2.24, 2.45) is 7.05 Å². The molecule has 1 N–H and O–H groups in total. The summed E-state index contributed by atoms with van der Waals surface area (Å²) in [5, 5.41) is 2.81. The Morgan fingerprint density at radius 2 is 1.75 bits per heavy atom. The van der Waals surface area contributed by atoms with Crippen LogP contribution >= 0.6 is 11.3 Å². The van der Waals surface area contributed by atoms with Crippen LogP contribution in [-0.2, 0) is 17.1 Å². The first kappa shape index (κ1) is 21.8. The SMILES string of the molecule is Cc1ccc(S(=O)(=O)N(C)c2cccc(C(=O)Nc3ccc4c(c3)sc(=O)n4C)c2)cc1. The lowest BCUT2D eigenvalue weighted by Gasteiger charge is -2.20. The summed E-state index contributed by atoms with van der Waals surface area (Å²) in [6.07, 6.45) is 0. The van der Waals surface area contributed by atoms with Gasteiger partial charge in [-0.2, -0.15) is 0 Å². The van der Waals surface area contributed by atoms with E-state index in [4.69, 9.17) is 0 Å². The minimum absolute atomic E-state index is 0.0750. The van der Waals surface area contributed by atoms with E-state index in [1.807, 2.05) is 6.92 Å². The third kappa shape index (κ3) is 4.04. The van der Waals surface area contributed by atoms with Crippen LogP contribution in [-0.4, -0.2) is 25.9 Å². The van der Waals surface area contributed by atoms with Crippen molar-refractivity contribution >= 4 is 48.9 Å². The number of carbonyl (C=O) groups is 1. The number of thiazole rings is 1. The highest BCUT2D eigenvalue weighted by Crippen LogP contribution is 2.25. The van der Waals surface area contributed by atoms with E-state index in [1.54, 1.807) is 72.3 Å². The number of anilines is 2. The van der Waals surface area contributed by atoms with Crippen molar-refractivity contribution < 1.29 is 13.2 Å². The van der Waals surface area contributed by atoms with Crippen LogP contribution in [0.3, 0.4) is 0 Å². The van der Waals surface area contributed by atoms with Crippen molar-refractivity contribution in [2.45, 2.75) is 11.8 Å². The number of sulfonamides is 1. The summed E-state index contributed by atoms with van der Waals surface area (Å²) in [5.74, 6) is -0.379. The fraction of sp³-hybridized carbons (Fsp3) is 0.130. The lowest BCUT2D eigenvalue weighted by molar-refractivity contribution is 0.102. The summed E-state index contributed by atoms with van der Waals surface area (Å²) in [5.41, 5.74) is 2.99. The van der Waals surface area contributed by atoms with E-state index in [1.165, 1.54) is 13.1 Å². The number of aryl methyl sites for hydroxylation is 2. The molecule has 0 fully saturated rings. The molecule has 0 saturated heterocycles. The van der Waals surface area contributed by atoms with Crippen molar-refractivity contribution in [3.63, 3.8) is 0 Å². The number of rotatable bonds is 5. The van der Waals surface area contributed by atoms with Crippen LogP contribution in [0.4, 0.5) is 11.4 Å². The molecule has 0 spiro atoms. The normalized spacial score (nSPS) is 11.5. The van der Waals surface area contributed by atoms with Gasteiger partial charge in [-0.15, -0.1) is 0 Å². The molecule has 1 amide bonds. The maximum atomic E-state index is 13.0. The second kappa shape index (κ2) is 8.25. The molecule has 0 radical (unpaired) electrons. The van der Waals surface area contributed by atoms with E-state index in [-0.39, 0.29) is 15.7 Å². The summed E-state index contributed by atoms with van der Waals surface area (Å²) >= 11 is 1.11. The number of fused-ring (bicyclic) bond motifs is 1. The second-order valence-electron chi connectivity index (χ2n) is 7.40. The Bertz CT molecular complexity index is 1490. The molecule has 0 aliphatic rings. The summed E-state index contributed by atoms with van der Waals surface area (Å²) in [4.78, 5) is 24.7. The summed E-state index contributed by atoms with van der Waals surface area (Å²) in [6, 6.07) is 18.3. The molecule has 0 aliphatic heterocycles. The van der Waals surface area contributed by atoms with E-state index in [2.05, 4.69) is 5.32 Å². The number of hydrogen-bond acceptors (Lipinski definition) is 5. The van der Waals surface area contributed by atoms with Crippen LogP contribution in [0.2, 0.25) is 0 Å². The Labute approximate surface area is 189 Å². The Morgan fingerprint density at radius 3 is 2.47 bits per heavy atom. The Morgan fingerprint density at radius 1 is 1.03 bits per heavy atom. The van der Waals surface area contributed by atoms with Crippen LogP contribution in [0.15, 0.2) is 76.4 Å². The van der Waals surface area contributed by atoms with E-state index >= 15 is 0 Å². The number of amides is 1. The highest BCUT2D eigenvalue weighted by Gasteiger charge is 2.22. The van der Waals surface area contributed by atoms with E-state index in [0.29, 0.717) is 16.9 Å². The molecule has 7 nitrogen and oxygen atoms in total. The van der Waals surface area contributed by atoms with Gasteiger partial charge in [-0.1, -0.05) is 35.1 Å². The van der Waals surface area contributed by atoms with E-state index in [9.17, 15) is 18.0 Å². The standard InChI is InChI=1S/C23H21N3O4S2/c1-15-7-10-19(11-8-15)32(29,30)26(3)18-6-4-5-16(13-18)22(27)24-17-9-12-20-21(14-17)31-23(28)25(20)2/h4-14H,1-3H3,(H,24,27). The molecule has 0 bridgehead atoms. The monoisotopic (exact) mass is 467 g/mol. The number of nitrogens with zero attached hydrogens (tertiary/aromatic N) is 2. The van der Waals surface area contributed by atoms with Crippen molar-refractivity contribution in [3.8, 4) is 0 Å². The Balaban J connectivity index is 1.59. The fourth-order valence-corrected chi connectivity index (χ4v) is 5.37. The maximum Gasteiger partial charge on any atom is 0.307 e. The molecule has 164 valence electrons. The largest absolute Gasteiger partial charge is 0.322 e. The number of carbonyl (C=O) groups excluding carboxylic acids is 1. The van der Waals surface area contributed by atoms with Crippen LogP contribution < -0.4 is 14.5 Å². The minimum Gasteiger partial charge on any atom is -0.322 e. The molecule has 3 aromatic carbocycles. The van der Waals surface area contributed by atoms with Crippen LogP contribution in [0.5, 0.6) is 0 Å². The molecule has 1 aromatic heterocycles. The third-order valence-electron chi connectivity index (χ3n) is 5.20. The van der Waals surface area contributed by atoms with Gasteiger partial charge in [0.05, 0.1) is 20.8 Å². The Hall–Kier alpha value is -3.43. The van der Waals surface area contributed by atoms with Gasteiger partial charge in [0, 0.05) is 25.3 Å². The van der Waals surface area contributed by atoms with E-state index < -0.39 is 10.0 Å². The lowest BCUT2D eigenvalue weighted by Crippen LogP contribution is -2.26. The quantitative estimate of drug-likeness (QED) is 0.481. The molecule has 32 heavy (non-hydrogen) atoms. The molecule has 0 unspecified atom stereocenters. The van der Waals surface area contributed by atoms with Gasteiger partial charge < -0.3 is 9.88 Å². The zero-order chi connectivity index (χ0) is 23.0. The van der Waals surface area contributed by atoms with Gasteiger partial charge in [0.25, 0.3) is 15.9 Å². The fourth-order valence-electron chi connectivity index (χ4n) is 3.27. The van der Waals surface area contributed by atoms with Gasteiger partial charge in [0.2, 0.25) is 0 Å². The number of nitrogens with one attached hydrogen (secondary N) is 1. The predicted octanol–water partition coefficient (Wildman–Crippen LogP) is 3.99. The first-order valence-electron chi connectivity index (χ1n) is 9.73. The molecule has 4 aromatic rings. The van der Waals surface area contributed by atoms with Crippen molar-refractivity contribution in [1.82, 2.24) is 4.57 Å². The molecule has 1 heterocycles. The second-order valence-corrected chi connectivity index (χ2v) is 10.4. The minimum atomic E-state index is -3.77. The highest BCUT2D eigenvalue weighted by atomic mass is 32.2. The van der Waals surface area contributed by atoms with Crippen molar-refractivity contribution in [3.05, 3.63) is 87.5 Å². The van der Waals surface area contributed by atoms with Crippen LogP contribution in [0, 0.1) is 6.92 Å². The van der Waals surface area contributed by atoms with Gasteiger partial charge in [-0.05, 0) is 55.5 Å². The third-order valence-corrected chi connectivity index (χ3v) is 8.00. The van der Waals surface area contributed by atoms with Gasteiger partial charge in [-0.3, -0.25) is 13.9 Å². The average Bonchev–Trinajstić information content (AvgIpc) is 3.06. The molecule has 9 heteroatoms.